The summed E-state index contributed by atoms with van der Waals surface area (Å²) in [6.07, 6.45) is 4.12. The van der Waals surface area contributed by atoms with Crippen LogP contribution in [0, 0.1) is 0 Å². The van der Waals surface area contributed by atoms with Crippen LogP contribution in [0.15, 0.2) is 24.4 Å². The summed E-state index contributed by atoms with van der Waals surface area (Å²) in [5.74, 6) is 0.836. The van der Waals surface area contributed by atoms with Crippen LogP contribution in [0.2, 0.25) is 0 Å². The fourth-order valence-electron chi connectivity index (χ4n) is 2.78. The van der Waals surface area contributed by atoms with Gasteiger partial charge in [-0.25, -0.2) is 0 Å². The van der Waals surface area contributed by atoms with Crippen LogP contribution < -0.4 is 10.1 Å². The van der Waals surface area contributed by atoms with Crippen molar-refractivity contribution in [2.75, 3.05) is 19.0 Å². The van der Waals surface area contributed by atoms with Crippen molar-refractivity contribution < 1.29 is 4.74 Å². The zero-order chi connectivity index (χ0) is 14.1. The number of benzene rings is 1. The molecular formula is C16H21N3O. The van der Waals surface area contributed by atoms with E-state index in [1.54, 1.807) is 13.3 Å². The van der Waals surface area contributed by atoms with Crippen molar-refractivity contribution in [2.24, 2.45) is 0 Å². The molecule has 106 valence electrons. The van der Waals surface area contributed by atoms with Crippen LogP contribution in [-0.2, 0) is 6.42 Å². The van der Waals surface area contributed by atoms with Gasteiger partial charge in [0.2, 0.25) is 0 Å². The van der Waals surface area contributed by atoms with Crippen LogP contribution in [0.4, 0.5) is 5.69 Å². The van der Waals surface area contributed by atoms with E-state index in [1.165, 1.54) is 23.2 Å². The van der Waals surface area contributed by atoms with E-state index in [4.69, 9.17) is 4.74 Å². The number of hydrogen-bond donors (Lipinski definition) is 1. The molecule has 2 aromatic rings. The van der Waals surface area contributed by atoms with Gasteiger partial charge >= 0.3 is 0 Å². The second-order valence-electron chi connectivity index (χ2n) is 5.50. The topological polar surface area (TPSA) is 39.1 Å². The van der Waals surface area contributed by atoms with Gasteiger partial charge in [-0.05, 0) is 44.4 Å². The molecule has 0 bridgehead atoms. The Balaban J connectivity index is 2.10. The Hall–Kier alpha value is -1.97. The third-order valence-electron chi connectivity index (χ3n) is 3.79. The largest absolute Gasteiger partial charge is 0.493 e. The van der Waals surface area contributed by atoms with Crippen molar-refractivity contribution in [3.63, 3.8) is 0 Å². The van der Waals surface area contributed by atoms with E-state index in [-0.39, 0.29) is 0 Å². The molecule has 1 N–H and O–H groups in total. The van der Waals surface area contributed by atoms with E-state index >= 15 is 0 Å². The third kappa shape index (κ3) is 2.15. The maximum Gasteiger partial charge on any atom is 0.164 e. The summed E-state index contributed by atoms with van der Waals surface area (Å²) in [7, 11) is 1.70. The van der Waals surface area contributed by atoms with Crippen molar-refractivity contribution in [3.05, 3.63) is 30.0 Å². The summed E-state index contributed by atoms with van der Waals surface area (Å²) in [6.45, 7) is 5.34. The first-order chi connectivity index (χ1) is 9.70. The number of aromatic nitrogens is 2. The molecule has 1 aliphatic rings. The van der Waals surface area contributed by atoms with Gasteiger partial charge in [-0.15, -0.1) is 0 Å². The lowest BCUT2D eigenvalue weighted by Crippen LogP contribution is -2.12. The number of aryl methyl sites for hydroxylation is 1. The van der Waals surface area contributed by atoms with Gasteiger partial charge in [-0.3, -0.25) is 4.68 Å². The predicted molar refractivity (Wildman–Crippen MR) is 81.4 cm³/mol. The summed E-state index contributed by atoms with van der Waals surface area (Å²) >= 11 is 0. The van der Waals surface area contributed by atoms with Crippen molar-refractivity contribution in [2.45, 2.75) is 32.7 Å². The summed E-state index contributed by atoms with van der Waals surface area (Å²) in [6, 6.07) is 6.89. The lowest BCUT2D eigenvalue weighted by Gasteiger charge is -2.19. The van der Waals surface area contributed by atoms with Gasteiger partial charge < -0.3 is 10.1 Å². The van der Waals surface area contributed by atoms with E-state index in [0.29, 0.717) is 6.04 Å². The molecule has 0 aliphatic carbocycles. The van der Waals surface area contributed by atoms with Crippen molar-refractivity contribution >= 4 is 5.69 Å². The molecule has 20 heavy (non-hydrogen) atoms. The maximum absolute atomic E-state index is 5.48. The standard InChI is InChI=1S/C16H21N3O/c1-11(2)19-16(15(20-3)10-18-19)13-6-7-14-12(9-13)5-4-8-17-14/h6-7,9-11,17H,4-5,8H2,1-3H3. The average Bonchev–Trinajstić information content (AvgIpc) is 2.90. The Kier molecular flexibility index (Phi) is 3.38. The Morgan fingerprint density at radius 3 is 2.95 bits per heavy atom. The van der Waals surface area contributed by atoms with Crippen LogP contribution in [-0.4, -0.2) is 23.4 Å². The molecule has 3 rings (SSSR count). The first-order valence-electron chi connectivity index (χ1n) is 7.19. The Morgan fingerprint density at radius 2 is 2.20 bits per heavy atom. The minimum absolute atomic E-state index is 0.308. The summed E-state index contributed by atoms with van der Waals surface area (Å²) in [5.41, 5.74) is 4.88. The van der Waals surface area contributed by atoms with Gasteiger partial charge in [0.15, 0.2) is 5.75 Å². The van der Waals surface area contributed by atoms with Gasteiger partial charge in [-0.2, -0.15) is 5.10 Å². The van der Waals surface area contributed by atoms with Crippen molar-refractivity contribution in [1.82, 2.24) is 9.78 Å². The van der Waals surface area contributed by atoms with Gasteiger partial charge in [-0.1, -0.05) is 6.07 Å². The van der Waals surface area contributed by atoms with Crippen LogP contribution in [0.5, 0.6) is 5.75 Å². The SMILES string of the molecule is COc1cnn(C(C)C)c1-c1ccc2c(c1)CCCN2. The maximum atomic E-state index is 5.48. The highest BCUT2D eigenvalue weighted by molar-refractivity contribution is 5.71. The predicted octanol–water partition coefficient (Wildman–Crippen LogP) is 3.50. The number of nitrogens with one attached hydrogen (secondary N) is 1. The third-order valence-corrected chi connectivity index (χ3v) is 3.79. The molecule has 0 unspecified atom stereocenters. The molecule has 0 saturated heterocycles. The molecule has 1 aromatic heterocycles. The monoisotopic (exact) mass is 271 g/mol. The highest BCUT2D eigenvalue weighted by Gasteiger charge is 2.17. The molecule has 1 aromatic carbocycles. The molecule has 2 heterocycles. The summed E-state index contributed by atoms with van der Waals surface area (Å²) in [4.78, 5) is 0. The molecule has 0 atom stereocenters. The number of fused-ring (bicyclic) bond motifs is 1. The first-order valence-corrected chi connectivity index (χ1v) is 7.19. The zero-order valence-corrected chi connectivity index (χ0v) is 12.3. The molecule has 0 fully saturated rings. The number of nitrogens with zero attached hydrogens (tertiary/aromatic N) is 2. The summed E-state index contributed by atoms with van der Waals surface area (Å²) in [5, 5.41) is 7.90. The van der Waals surface area contributed by atoms with Crippen LogP contribution in [0.1, 0.15) is 31.9 Å². The minimum Gasteiger partial charge on any atom is -0.493 e. The second kappa shape index (κ2) is 5.19. The van der Waals surface area contributed by atoms with Crippen molar-refractivity contribution in [1.29, 1.82) is 0 Å². The molecular weight excluding hydrogens is 250 g/mol. The van der Waals surface area contributed by atoms with Gasteiger partial charge in [0.05, 0.1) is 13.3 Å². The number of ether oxygens (including phenoxy) is 1. The highest BCUT2D eigenvalue weighted by atomic mass is 16.5. The number of rotatable bonds is 3. The molecule has 0 amide bonds. The Morgan fingerprint density at radius 1 is 1.35 bits per heavy atom. The Labute approximate surface area is 119 Å². The number of hydrogen-bond acceptors (Lipinski definition) is 3. The van der Waals surface area contributed by atoms with E-state index in [0.717, 1.165) is 24.4 Å². The molecule has 1 aliphatic heterocycles. The smallest absolute Gasteiger partial charge is 0.164 e. The Bertz CT molecular complexity index is 616. The quantitative estimate of drug-likeness (QED) is 0.928. The fraction of sp³-hybridized carbons (Fsp3) is 0.438. The van der Waals surface area contributed by atoms with Crippen LogP contribution >= 0.6 is 0 Å². The lowest BCUT2D eigenvalue weighted by atomic mass is 9.99. The first kappa shape index (κ1) is 13.0. The van der Waals surface area contributed by atoms with Crippen LogP contribution in [0.3, 0.4) is 0 Å². The van der Waals surface area contributed by atoms with Crippen LogP contribution in [0.25, 0.3) is 11.3 Å². The van der Waals surface area contributed by atoms with Crippen molar-refractivity contribution in [3.8, 4) is 17.0 Å². The van der Waals surface area contributed by atoms with E-state index in [2.05, 4.69) is 42.5 Å². The average molecular weight is 271 g/mol. The minimum atomic E-state index is 0.308. The number of anilines is 1. The van der Waals surface area contributed by atoms with Gasteiger partial charge in [0.25, 0.3) is 0 Å². The lowest BCUT2D eigenvalue weighted by molar-refractivity contribution is 0.415. The van der Waals surface area contributed by atoms with Gasteiger partial charge in [0, 0.05) is 23.8 Å². The molecule has 0 radical (unpaired) electrons. The van der Waals surface area contributed by atoms with Gasteiger partial charge in [0.1, 0.15) is 5.69 Å². The van der Waals surface area contributed by atoms with E-state index in [1.807, 2.05) is 4.68 Å². The highest BCUT2D eigenvalue weighted by Crippen LogP contribution is 2.35. The normalized spacial score (nSPS) is 14.0. The van der Waals surface area contributed by atoms with E-state index in [9.17, 15) is 0 Å². The van der Waals surface area contributed by atoms with E-state index < -0.39 is 0 Å². The summed E-state index contributed by atoms with van der Waals surface area (Å²) < 4.78 is 7.50. The fourth-order valence-corrected chi connectivity index (χ4v) is 2.78. The molecule has 0 saturated carbocycles. The molecule has 0 spiro atoms. The number of methoxy groups -OCH3 is 1. The zero-order valence-electron chi connectivity index (χ0n) is 12.3. The molecule has 4 heteroatoms. The second-order valence-corrected chi connectivity index (χ2v) is 5.50. The molecule has 4 nitrogen and oxygen atoms in total.